The Morgan fingerprint density at radius 3 is 2.46 bits per heavy atom. The van der Waals surface area contributed by atoms with E-state index >= 15 is 0 Å². The molecule has 0 unspecified atom stereocenters. The molecule has 1 aliphatic carbocycles. The number of anilines is 1. The molecule has 6 nitrogen and oxygen atoms in total. The molecular weight excluding hydrogens is 352 g/mol. The van der Waals surface area contributed by atoms with E-state index in [4.69, 9.17) is 5.73 Å². The molecular formula is C22H22N4O2. The largest absolute Gasteiger partial charge is 0.369 e. The van der Waals surface area contributed by atoms with Gasteiger partial charge in [0.25, 0.3) is 5.91 Å². The molecule has 0 bridgehead atoms. The van der Waals surface area contributed by atoms with Gasteiger partial charge in [0.2, 0.25) is 5.91 Å². The number of amides is 2. The number of nitrogens with two attached hydrogens (primary N) is 1. The lowest BCUT2D eigenvalue weighted by Gasteiger charge is -2.06. The van der Waals surface area contributed by atoms with E-state index in [0.717, 1.165) is 41.8 Å². The SMILES string of the molecule is Cc1ccc(-n2nc(C(=O)Nc3ccc(CC(N)=O)cc3)c3c2CCC3)cc1. The molecule has 1 aromatic heterocycles. The van der Waals surface area contributed by atoms with Gasteiger partial charge >= 0.3 is 0 Å². The van der Waals surface area contributed by atoms with Crippen LogP contribution in [-0.2, 0) is 24.1 Å². The van der Waals surface area contributed by atoms with Gasteiger partial charge in [0.15, 0.2) is 5.69 Å². The van der Waals surface area contributed by atoms with Crippen LogP contribution < -0.4 is 11.1 Å². The standard InChI is InChI=1S/C22H22N4O2/c1-14-5-11-17(12-6-14)26-19-4-2-3-18(19)21(25-26)22(28)24-16-9-7-15(8-10-16)13-20(23)27/h5-12H,2-4,13H2,1H3,(H2,23,27)(H,24,28). The second-order valence-corrected chi connectivity index (χ2v) is 7.17. The second kappa shape index (κ2) is 7.31. The third-order valence-corrected chi connectivity index (χ3v) is 5.01. The minimum Gasteiger partial charge on any atom is -0.369 e. The van der Waals surface area contributed by atoms with Crippen LogP contribution in [-0.4, -0.2) is 21.6 Å². The van der Waals surface area contributed by atoms with Crippen molar-refractivity contribution in [2.24, 2.45) is 5.73 Å². The van der Waals surface area contributed by atoms with E-state index in [9.17, 15) is 9.59 Å². The molecule has 1 heterocycles. The fraction of sp³-hybridized carbons (Fsp3) is 0.227. The lowest BCUT2D eigenvalue weighted by Crippen LogP contribution is -2.15. The summed E-state index contributed by atoms with van der Waals surface area (Å²) in [5, 5.41) is 7.54. The summed E-state index contributed by atoms with van der Waals surface area (Å²) in [4.78, 5) is 23.9. The lowest BCUT2D eigenvalue weighted by atomic mass is 10.1. The highest BCUT2D eigenvalue weighted by molar-refractivity contribution is 6.04. The number of nitrogens with zero attached hydrogens (tertiary/aromatic N) is 2. The number of nitrogens with one attached hydrogen (secondary N) is 1. The monoisotopic (exact) mass is 374 g/mol. The van der Waals surface area contributed by atoms with Gasteiger partial charge in [-0.15, -0.1) is 0 Å². The molecule has 0 aliphatic heterocycles. The molecule has 142 valence electrons. The summed E-state index contributed by atoms with van der Waals surface area (Å²) in [6.45, 7) is 2.05. The van der Waals surface area contributed by atoms with Crippen molar-refractivity contribution in [2.75, 3.05) is 5.32 Å². The average molecular weight is 374 g/mol. The first-order valence-corrected chi connectivity index (χ1v) is 9.37. The van der Waals surface area contributed by atoms with Gasteiger partial charge in [0.1, 0.15) is 0 Å². The zero-order valence-electron chi connectivity index (χ0n) is 15.7. The quantitative estimate of drug-likeness (QED) is 0.719. The number of aryl methyl sites for hydroxylation is 1. The minimum absolute atomic E-state index is 0.183. The topological polar surface area (TPSA) is 90.0 Å². The molecule has 0 spiro atoms. The minimum atomic E-state index is -0.381. The van der Waals surface area contributed by atoms with Crippen LogP contribution in [0.1, 0.15) is 39.3 Å². The molecule has 2 aromatic carbocycles. The molecule has 0 radical (unpaired) electrons. The maximum absolute atomic E-state index is 12.9. The number of benzene rings is 2. The summed E-state index contributed by atoms with van der Waals surface area (Å²) in [6.07, 6.45) is 3.00. The van der Waals surface area contributed by atoms with Crippen LogP contribution in [0.25, 0.3) is 5.69 Å². The van der Waals surface area contributed by atoms with Crippen molar-refractivity contribution in [3.63, 3.8) is 0 Å². The highest BCUT2D eigenvalue weighted by Crippen LogP contribution is 2.28. The second-order valence-electron chi connectivity index (χ2n) is 7.17. The maximum atomic E-state index is 12.9. The van der Waals surface area contributed by atoms with Gasteiger partial charge in [-0.25, -0.2) is 4.68 Å². The Labute approximate surface area is 163 Å². The van der Waals surface area contributed by atoms with Crippen molar-refractivity contribution in [3.05, 3.63) is 76.6 Å². The zero-order chi connectivity index (χ0) is 19.7. The van der Waals surface area contributed by atoms with Crippen LogP contribution in [0.4, 0.5) is 5.69 Å². The van der Waals surface area contributed by atoms with Crippen molar-refractivity contribution in [2.45, 2.75) is 32.6 Å². The molecule has 28 heavy (non-hydrogen) atoms. The first kappa shape index (κ1) is 18.0. The molecule has 0 saturated heterocycles. The van der Waals surface area contributed by atoms with E-state index in [0.29, 0.717) is 11.4 Å². The van der Waals surface area contributed by atoms with E-state index in [1.54, 1.807) is 24.3 Å². The van der Waals surface area contributed by atoms with E-state index in [1.165, 1.54) is 5.56 Å². The Kier molecular flexibility index (Phi) is 4.69. The number of hydrogen-bond donors (Lipinski definition) is 2. The van der Waals surface area contributed by atoms with Gasteiger partial charge in [-0.1, -0.05) is 29.8 Å². The van der Waals surface area contributed by atoms with Gasteiger partial charge in [-0.3, -0.25) is 9.59 Å². The van der Waals surface area contributed by atoms with E-state index in [2.05, 4.69) is 10.4 Å². The molecule has 0 atom stereocenters. The van der Waals surface area contributed by atoms with Gasteiger partial charge in [-0.05, 0) is 56.0 Å². The smallest absolute Gasteiger partial charge is 0.276 e. The molecule has 2 amide bonds. The number of hydrogen-bond acceptors (Lipinski definition) is 3. The van der Waals surface area contributed by atoms with Crippen molar-refractivity contribution in [1.82, 2.24) is 9.78 Å². The van der Waals surface area contributed by atoms with Crippen LogP contribution in [0.2, 0.25) is 0 Å². The molecule has 3 aromatic rings. The van der Waals surface area contributed by atoms with Crippen molar-refractivity contribution in [3.8, 4) is 5.69 Å². The normalized spacial score (nSPS) is 12.6. The van der Waals surface area contributed by atoms with E-state index < -0.39 is 0 Å². The van der Waals surface area contributed by atoms with Gasteiger partial charge in [0.05, 0.1) is 12.1 Å². The number of fused-ring (bicyclic) bond motifs is 1. The van der Waals surface area contributed by atoms with Crippen molar-refractivity contribution >= 4 is 17.5 Å². The third-order valence-electron chi connectivity index (χ3n) is 5.01. The van der Waals surface area contributed by atoms with Gasteiger partial charge < -0.3 is 11.1 Å². The van der Waals surface area contributed by atoms with Crippen LogP contribution in [0.15, 0.2) is 48.5 Å². The number of carbonyl (C=O) groups is 2. The van der Waals surface area contributed by atoms with E-state index in [-0.39, 0.29) is 18.2 Å². The summed E-state index contributed by atoms with van der Waals surface area (Å²) in [7, 11) is 0. The fourth-order valence-electron chi connectivity index (χ4n) is 3.62. The Morgan fingerprint density at radius 1 is 1.07 bits per heavy atom. The highest BCUT2D eigenvalue weighted by Gasteiger charge is 2.27. The predicted octanol–water partition coefficient (Wildman–Crippen LogP) is 2.95. The van der Waals surface area contributed by atoms with Crippen molar-refractivity contribution in [1.29, 1.82) is 0 Å². The number of carbonyl (C=O) groups excluding carboxylic acids is 2. The maximum Gasteiger partial charge on any atom is 0.276 e. The van der Waals surface area contributed by atoms with Crippen LogP contribution in [0.3, 0.4) is 0 Å². The Balaban J connectivity index is 1.59. The third kappa shape index (κ3) is 3.53. The van der Waals surface area contributed by atoms with Crippen LogP contribution in [0.5, 0.6) is 0 Å². The molecule has 1 aliphatic rings. The summed E-state index contributed by atoms with van der Waals surface area (Å²) in [5.74, 6) is -0.597. The number of rotatable bonds is 5. The summed E-state index contributed by atoms with van der Waals surface area (Å²) in [5.41, 5.74) is 11.5. The molecule has 0 fully saturated rings. The fourth-order valence-corrected chi connectivity index (χ4v) is 3.62. The number of aromatic nitrogens is 2. The summed E-state index contributed by atoms with van der Waals surface area (Å²) >= 11 is 0. The van der Waals surface area contributed by atoms with Crippen LogP contribution in [0, 0.1) is 6.92 Å². The van der Waals surface area contributed by atoms with Crippen molar-refractivity contribution < 1.29 is 9.59 Å². The zero-order valence-corrected chi connectivity index (χ0v) is 15.7. The van der Waals surface area contributed by atoms with Crippen LogP contribution >= 0.6 is 0 Å². The first-order chi connectivity index (χ1) is 13.5. The summed E-state index contributed by atoms with van der Waals surface area (Å²) in [6, 6.07) is 15.3. The molecule has 0 saturated carbocycles. The van der Waals surface area contributed by atoms with Gasteiger partial charge in [0, 0.05) is 16.9 Å². The Bertz CT molecular complexity index is 1030. The highest BCUT2D eigenvalue weighted by atomic mass is 16.2. The number of primary amides is 1. The molecule has 3 N–H and O–H groups in total. The first-order valence-electron chi connectivity index (χ1n) is 9.37. The summed E-state index contributed by atoms with van der Waals surface area (Å²) < 4.78 is 1.90. The predicted molar refractivity (Wildman–Crippen MR) is 108 cm³/mol. The average Bonchev–Trinajstić information content (AvgIpc) is 3.26. The van der Waals surface area contributed by atoms with Gasteiger partial charge in [-0.2, -0.15) is 5.10 Å². The molecule has 6 heteroatoms. The van der Waals surface area contributed by atoms with E-state index in [1.807, 2.05) is 35.9 Å². The lowest BCUT2D eigenvalue weighted by molar-refractivity contribution is -0.117. The molecule has 4 rings (SSSR count). The Hall–Kier alpha value is -3.41. The Morgan fingerprint density at radius 2 is 1.79 bits per heavy atom.